The lowest BCUT2D eigenvalue weighted by Gasteiger charge is -2.14. The second kappa shape index (κ2) is 6.04. The smallest absolute Gasteiger partial charge is 0.0390 e. The summed E-state index contributed by atoms with van der Waals surface area (Å²) in [5.74, 6) is 0. The highest BCUT2D eigenvalue weighted by Gasteiger charge is 2.11. The molecule has 2 heteroatoms. The first-order valence-corrected chi connectivity index (χ1v) is 5.86. The zero-order valence-electron chi connectivity index (χ0n) is 8.16. The minimum Gasteiger partial charge on any atom is -0.120 e. The fourth-order valence-corrected chi connectivity index (χ4v) is 1.71. The van der Waals surface area contributed by atoms with Crippen molar-refractivity contribution in [1.82, 2.24) is 0 Å². The third kappa shape index (κ3) is 8.61. The molecule has 0 aliphatic rings. The van der Waals surface area contributed by atoms with Crippen LogP contribution in [0.1, 0.15) is 40.0 Å². The Hall–Kier alpha value is 0.510. The highest BCUT2D eigenvalue weighted by molar-refractivity contribution is 9.09. The van der Waals surface area contributed by atoms with Gasteiger partial charge in [0.15, 0.2) is 0 Å². The summed E-state index contributed by atoms with van der Waals surface area (Å²) in [6, 6.07) is 0. The molecule has 0 aromatic carbocycles. The van der Waals surface area contributed by atoms with Crippen molar-refractivity contribution >= 4 is 27.5 Å². The Kier molecular flexibility index (Phi) is 6.30. The monoisotopic (exact) mass is 252 g/mol. The first kappa shape index (κ1) is 12.5. The fraction of sp³-hybridized carbons (Fsp3) is 0.800. The van der Waals surface area contributed by atoms with Crippen LogP contribution in [0.3, 0.4) is 0 Å². The highest BCUT2D eigenvalue weighted by Crippen LogP contribution is 2.21. The van der Waals surface area contributed by atoms with Crippen molar-refractivity contribution in [3.05, 3.63) is 11.6 Å². The second-order valence-corrected chi connectivity index (χ2v) is 5.45. The summed E-state index contributed by atoms with van der Waals surface area (Å²) >= 11 is 9.44. The van der Waals surface area contributed by atoms with Gasteiger partial charge in [-0.15, -0.1) is 11.6 Å². The SMILES string of the molecule is C/C(=C\CBr)CCCC(C)(C)Cl. The molecule has 0 aromatic heterocycles. The molecule has 0 spiro atoms. The zero-order valence-corrected chi connectivity index (χ0v) is 10.5. The van der Waals surface area contributed by atoms with Gasteiger partial charge in [0.2, 0.25) is 0 Å². The molecule has 0 heterocycles. The number of hydrogen-bond donors (Lipinski definition) is 0. The van der Waals surface area contributed by atoms with E-state index in [-0.39, 0.29) is 4.87 Å². The maximum absolute atomic E-state index is 6.06. The Balaban J connectivity index is 3.50. The van der Waals surface area contributed by atoms with Crippen LogP contribution >= 0.6 is 27.5 Å². The van der Waals surface area contributed by atoms with Gasteiger partial charge >= 0.3 is 0 Å². The topological polar surface area (TPSA) is 0 Å². The predicted molar refractivity (Wildman–Crippen MR) is 61.3 cm³/mol. The maximum Gasteiger partial charge on any atom is 0.0390 e. The summed E-state index contributed by atoms with van der Waals surface area (Å²) in [7, 11) is 0. The summed E-state index contributed by atoms with van der Waals surface area (Å²) in [5.41, 5.74) is 1.45. The third-order valence-electron chi connectivity index (χ3n) is 1.77. The third-order valence-corrected chi connectivity index (χ3v) is 2.28. The lowest BCUT2D eigenvalue weighted by atomic mass is 10.0. The van der Waals surface area contributed by atoms with Crippen molar-refractivity contribution in [3.8, 4) is 0 Å². The van der Waals surface area contributed by atoms with E-state index in [0.29, 0.717) is 0 Å². The van der Waals surface area contributed by atoms with Crippen LogP contribution in [0.15, 0.2) is 11.6 Å². The van der Waals surface area contributed by atoms with E-state index < -0.39 is 0 Å². The zero-order chi connectivity index (χ0) is 9.61. The van der Waals surface area contributed by atoms with Crippen LogP contribution < -0.4 is 0 Å². The molecule has 0 rings (SSSR count). The van der Waals surface area contributed by atoms with Gasteiger partial charge < -0.3 is 0 Å². The molecule has 12 heavy (non-hydrogen) atoms. The quantitative estimate of drug-likeness (QED) is 0.499. The molecule has 0 saturated heterocycles. The van der Waals surface area contributed by atoms with Crippen molar-refractivity contribution in [2.24, 2.45) is 0 Å². The molecule has 0 fully saturated rings. The number of rotatable bonds is 5. The van der Waals surface area contributed by atoms with Crippen LogP contribution in [0.5, 0.6) is 0 Å². The number of hydrogen-bond acceptors (Lipinski definition) is 0. The van der Waals surface area contributed by atoms with Crippen LogP contribution in [0.4, 0.5) is 0 Å². The summed E-state index contributed by atoms with van der Waals surface area (Å²) in [6.07, 6.45) is 5.65. The normalized spacial score (nSPS) is 13.6. The first-order valence-electron chi connectivity index (χ1n) is 4.36. The lowest BCUT2D eigenvalue weighted by Crippen LogP contribution is -2.09. The largest absolute Gasteiger partial charge is 0.120 e. The van der Waals surface area contributed by atoms with Gasteiger partial charge in [-0.05, 0) is 40.0 Å². The van der Waals surface area contributed by atoms with Crippen LogP contribution in [-0.4, -0.2) is 10.2 Å². The van der Waals surface area contributed by atoms with E-state index >= 15 is 0 Å². The molecule has 72 valence electrons. The standard InChI is InChI=1S/C10H18BrCl/c1-9(6-8-11)5-4-7-10(2,3)12/h6H,4-5,7-8H2,1-3H3/b9-6+. The molecule has 0 aliphatic carbocycles. The Morgan fingerprint density at radius 3 is 2.50 bits per heavy atom. The van der Waals surface area contributed by atoms with Crippen LogP contribution in [0, 0.1) is 0 Å². The highest BCUT2D eigenvalue weighted by atomic mass is 79.9. The molecule has 0 aliphatic heterocycles. The molecule has 0 nitrogen and oxygen atoms in total. The van der Waals surface area contributed by atoms with Gasteiger partial charge in [0.1, 0.15) is 0 Å². The Morgan fingerprint density at radius 1 is 1.50 bits per heavy atom. The average Bonchev–Trinajstić information content (AvgIpc) is 1.84. The summed E-state index contributed by atoms with van der Waals surface area (Å²) in [5, 5.41) is 0.961. The van der Waals surface area contributed by atoms with Gasteiger partial charge in [-0.1, -0.05) is 27.6 Å². The van der Waals surface area contributed by atoms with Gasteiger partial charge in [0.25, 0.3) is 0 Å². The van der Waals surface area contributed by atoms with Crippen LogP contribution in [0.2, 0.25) is 0 Å². The molecule has 0 bridgehead atoms. The number of halogens is 2. The van der Waals surface area contributed by atoms with Crippen molar-refractivity contribution in [1.29, 1.82) is 0 Å². The number of alkyl halides is 2. The Labute approximate surface area is 89.5 Å². The van der Waals surface area contributed by atoms with E-state index in [4.69, 9.17) is 11.6 Å². The van der Waals surface area contributed by atoms with E-state index in [2.05, 4.69) is 42.8 Å². The molecule has 0 unspecified atom stereocenters. The van der Waals surface area contributed by atoms with Crippen molar-refractivity contribution in [2.75, 3.05) is 5.33 Å². The van der Waals surface area contributed by atoms with E-state index in [1.165, 1.54) is 18.4 Å². The molecular formula is C10H18BrCl. The van der Waals surface area contributed by atoms with Gasteiger partial charge in [0.05, 0.1) is 0 Å². The van der Waals surface area contributed by atoms with Crippen molar-refractivity contribution in [2.45, 2.75) is 44.9 Å². The van der Waals surface area contributed by atoms with E-state index in [0.717, 1.165) is 11.8 Å². The Morgan fingerprint density at radius 2 is 2.08 bits per heavy atom. The first-order chi connectivity index (χ1) is 5.45. The molecular weight excluding hydrogens is 235 g/mol. The summed E-state index contributed by atoms with van der Waals surface area (Å²) < 4.78 is 0. The molecule has 0 radical (unpaired) electrons. The fourth-order valence-electron chi connectivity index (χ4n) is 1.02. The molecule has 0 aromatic rings. The van der Waals surface area contributed by atoms with E-state index in [9.17, 15) is 0 Å². The minimum atomic E-state index is -0.0331. The minimum absolute atomic E-state index is 0.0331. The van der Waals surface area contributed by atoms with Crippen LogP contribution in [0.25, 0.3) is 0 Å². The van der Waals surface area contributed by atoms with Gasteiger partial charge in [0, 0.05) is 10.2 Å². The molecule has 0 amide bonds. The lowest BCUT2D eigenvalue weighted by molar-refractivity contribution is 0.590. The maximum atomic E-state index is 6.06. The second-order valence-electron chi connectivity index (χ2n) is 3.78. The van der Waals surface area contributed by atoms with Gasteiger partial charge in [-0.25, -0.2) is 0 Å². The average molecular weight is 254 g/mol. The molecule has 0 N–H and O–H groups in total. The Bertz CT molecular complexity index is 144. The number of allylic oxidation sites excluding steroid dienone is 2. The summed E-state index contributed by atoms with van der Waals surface area (Å²) in [6.45, 7) is 6.30. The predicted octanol–water partition coefficient (Wildman–Crippen LogP) is 4.52. The van der Waals surface area contributed by atoms with Gasteiger partial charge in [-0.2, -0.15) is 0 Å². The van der Waals surface area contributed by atoms with E-state index in [1.54, 1.807) is 0 Å². The van der Waals surface area contributed by atoms with E-state index in [1.807, 2.05) is 0 Å². The van der Waals surface area contributed by atoms with Crippen molar-refractivity contribution in [3.63, 3.8) is 0 Å². The summed E-state index contributed by atoms with van der Waals surface area (Å²) in [4.78, 5) is -0.0331. The van der Waals surface area contributed by atoms with Crippen molar-refractivity contribution < 1.29 is 0 Å². The van der Waals surface area contributed by atoms with Gasteiger partial charge in [-0.3, -0.25) is 0 Å². The molecule has 0 saturated carbocycles. The van der Waals surface area contributed by atoms with Crippen LogP contribution in [-0.2, 0) is 0 Å². The molecule has 0 atom stereocenters.